The number of rotatable bonds is 4. The van der Waals surface area contributed by atoms with Crippen LogP contribution in [0.2, 0.25) is 0 Å². The monoisotopic (exact) mass is 290 g/mol. The molecule has 1 spiro atoms. The molecule has 114 valence electrons. The van der Waals surface area contributed by atoms with Crippen molar-refractivity contribution in [1.29, 1.82) is 0 Å². The highest BCUT2D eigenvalue weighted by Gasteiger charge is 2.42. The molecule has 1 N–H and O–H groups in total. The van der Waals surface area contributed by atoms with E-state index in [1.807, 2.05) is 6.07 Å². The molecule has 1 heterocycles. The topological polar surface area (TPSA) is 55.8 Å². The van der Waals surface area contributed by atoms with Gasteiger partial charge in [0.15, 0.2) is 0 Å². The molecule has 0 aromatic heterocycles. The van der Waals surface area contributed by atoms with Crippen molar-refractivity contribution in [2.75, 3.05) is 6.61 Å². The Morgan fingerprint density at radius 3 is 2.86 bits per heavy atom. The lowest BCUT2D eigenvalue weighted by Gasteiger charge is -2.24. The van der Waals surface area contributed by atoms with Gasteiger partial charge in [-0.1, -0.05) is 18.9 Å². The zero-order valence-electron chi connectivity index (χ0n) is 12.4. The van der Waals surface area contributed by atoms with Crippen LogP contribution in [0.4, 0.5) is 0 Å². The van der Waals surface area contributed by atoms with Gasteiger partial charge in [0.25, 0.3) is 0 Å². The van der Waals surface area contributed by atoms with E-state index in [0.717, 1.165) is 12.8 Å². The largest absolute Gasteiger partial charge is 0.491 e. The van der Waals surface area contributed by atoms with Crippen molar-refractivity contribution in [3.05, 3.63) is 29.3 Å². The summed E-state index contributed by atoms with van der Waals surface area (Å²) in [6.45, 7) is 2.29. The van der Waals surface area contributed by atoms with Gasteiger partial charge in [-0.05, 0) is 44.7 Å². The number of carboxylic acid groups (broad SMARTS) is 1. The van der Waals surface area contributed by atoms with Gasteiger partial charge >= 0.3 is 5.97 Å². The first-order chi connectivity index (χ1) is 10.1. The second-order valence-electron chi connectivity index (χ2n) is 6.21. The molecular weight excluding hydrogens is 268 g/mol. The van der Waals surface area contributed by atoms with E-state index < -0.39 is 5.97 Å². The molecule has 1 aliphatic carbocycles. The van der Waals surface area contributed by atoms with Crippen LogP contribution in [0, 0.1) is 6.92 Å². The Balaban J connectivity index is 1.61. The number of aromatic carboxylic acids is 1. The van der Waals surface area contributed by atoms with Crippen molar-refractivity contribution in [2.45, 2.75) is 57.2 Å². The number of hydrogen-bond acceptors (Lipinski definition) is 3. The SMILES string of the molecule is Cc1c(OCC2CCC3(CCCC3)O2)cccc1C(=O)O. The molecule has 1 aromatic rings. The lowest BCUT2D eigenvalue weighted by molar-refractivity contribution is -0.0509. The minimum absolute atomic E-state index is 0.117. The number of ether oxygens (including phenoxy) is 2. The minimum Gasteiger partial charge on any atom is -0.491 e. The van der Waals surface area contributed by atoms with E-state index in [1.165, 1.54) is 25.7 Å². The summed E-state index contributed by atoms with van der Waals surface area (Å²) in [5.41, 5.74) is 1.09. The molecule has 2 fully saturated rings. The van der Waals surface area contributed by atoms with Crippen LogP contribution in [0.5, 0.6) is 5.75 Å². The molecule has 1 atom stereocenters. The van der Waals surface area contributed by atoms with Crippen molar-refractivity contribution in [3.63, 3.8) is 0 Å². The highest BCUT2D eigenvalue weighted by Crippen LogP contribution is 2.43. The Kier molecular flexibility index (Phi) is 3.89. The van der Waals surface area contributed by atoms with Gasteiger partial charge in [-0.3, -0.25) is 0 Å². The molecule has 4 heteroatoms. The highest BCUT2D eigenvalue weighted by atomic mass is 16.6. The molecule has 4 nitrogen and oxygen atoms in total. The highest BCUT2D eigenvalue weighted by molar-refractivity contribution is 5.90. The molecule has 0 radical (unpaired) electrons. The molecule has 1 saturated heterocycles. The third kappa shape index (κ3) is 2.91. The summed E-state index contributed by atoms with van der Waals surface area (Å²) in [5, 5.41) is 9.13. The minimum atomic E-state index is -0.917. The summed E-state index contributed by atoms with van der Waals surface area (Å²) in [7, 11) is 0. The zero-order chi connectivity index (χ0) is 14.9. The maximum absolute atomic E-state index is 11.1. The second kappa shape index (κ2) is 5.68. The maximum atomic E-state index is 11.1. The molecule has 0 amide bonds. The lowest BCUT2D eigenvalue weighted by Crippen LogP contribution is -2.27. The van der Waals surface area contributed by atoms with Gasteiger partial charge in [-0.25, -0.2) is 4.79 Å². The Bertz CT molecular complexity index is 532. The van der Waals surface area contributed by atoms with Crippen LogP contribution >= 0.6 is 0 Å². The molecule has 1 unspecified atom stereocenters. The summed E-state index contributed by atoms with van der Waals surface area (Å²) < 4.78 is 12.0. The van der Waals surface area contributed by atoms with Crippen molar-refractivity contribution >= 4 is 5.97 Å². The molecule has 2 aliphatic rings. The Morgan fingerprint density at radius 1 is 1.38 bits per heavy atom. The Labute approximate surface area is 125 Å². The number of benzene rings is 1. The molecule has 1 aromatic carbocycles. The van der Waals surface area contributed by atoms with E-state index in [2.05, 4.69) is 0 Å². The molecule has 1 aliphatic heterocycles. The van der Waals surface area contributed by atoms with E-state index in [-0.39, 0.29) is 11.7 Å². The van der Waals surface area contributed by atoms with Crippen LogP contribution in [0.3, 0.4) is 0 Å². The quantitative estimate of drug-likeness (QED) is 0.921. The first kappa shape index (κ1) is 14.4. The van der Waals surface area contributed by atoms with Crippen molar-refractivity contribution in [2.24, 2.45) is 0 Å². The summed E-state index contributed by atoms with van der Waals surface area (Å²) in [5.74, 6) is -0.272. The molecule has 3 rings (SSSR count). The Hall–Kier alpha value is -1.55. The normalized spacial score (nSPS) is 23.6. The van der Waals surface area contributed by atoms with Crippen LogP contribution in [-0.2, 0) is 4.74 Å². The predicted octanol–water partition coefficient (Wildman–Crippen LogP) is 3.56. The fourth-order valence-electron chi connectivity index (χ4n) is 3.59. The van der Waals surface area contributed by atoms with E-state index in [9.17, 15) is 4.79 Å². The number of hydrogen-bond donors (Lipinski definition) is 1. The maximum Gasteiger partial charge on any atom is 0.336 e. The van der Waals surface area contributed by atoms with E-state index >= 15 is 0 Å². The summed E-state index contributed by atoms with van der Waals surface area (Å²) in [6.07, 6.45) is 7.21. The van der Waals surface area contributed by atoms with Gasteiger partial charge in [0.2, 0.25) is 0 Å². The second-order valence-corrected chi connectivity index (χ2v) is 6.21. The zero-order valence-corrected chi connectivity index (χ0v) is 12.4. The predicted molar refractivity (Wildman–Crippen MR) is 78.9 cm³/mol. The molecular formula is C17H22O4. The third-order valence-corrected chi connectivity index (χ3v) is 4.79. The van der Waals surface area contributed by atoms with Gasteiger partial charge in [0.1, 0.15) is 12.4 Å². The molecule has 0 bridgehead atoms. The lowest BCUT2D eigenvalue weighted by atomic mass is 9.98. The third-order valence-electron chi connectivity index (χ3n) is 4.79. The molecule has 21 heavy (non-hydrogen) atoms. The van der Waals surface area contributed by atoms with Gasteiger partial charge in [-0.15, -0.1) is 0 Å². The summed E-state index contributed by atoms with van der Waals surface area (Å²) in [4.78, 5) is 11.1. The van der Waals surface area contributed by atoms with Crippen LogP contribution in [0.15, 0.2) is 18.2 Å². The number of carboxylic acids is 1. The number of carbonyl (C=O) groups is 1. The Morgan fingerprint density at radius 2 is 2.14 bits per heavy atom. The van der Waals surface area contributed by atoms with Crippen molar-refractivity contribution in [1.82, 2.24) is 0 Å². The average molecular weight is 290 g/mol. The van der Waals surface area contributed by atoms with Crippen LogP contribution in [0.1, 0.15) is 54.4 Å². The van der Waals surface area contributed by atoms with Gasteiger partial charge in [0, 0.05) is 5.56 Å². The van der Waals surface area contributed by atoms with E-state index in [4.69, 9.17) is 14.6 Å². The van der Waals surface area contributed by atoms with Crippen molar-refractivity contribution < 1.29 is 19.4 Å². The van der Waals surface area contributed by atoms with E-state index in [1.54, 1.807) is 19.1 Å². The fraction of sp³-hybridized carbons (Fsp3) is 0.588. The standard InChI is InChI=1S/C17H22O4/c1-12-14(16(18)19)5-4-6-15(12)20-11-13-7-10-17(21-13)8-2-3-9-17/h4-6,13H,2-3,7-11H2,1H3,(H,18,19). The summed E-state index contributed by atoms with van der Waals surface area (Å²) >= 11 is 0. The van der Waals surface area contributed by atoms with Crippen LogP contribution in [0.25, 0.3) is 0 Å². The first-order valence-corrected chi connectivity index (χ1v) is 7.73. The first-order valence-electron chi connectivity index (χ1n) is 7.73. The van der Waals surface area contributed by atoms with Crippen LogP contribution < -0.4 is 4.74 Å². The van der Waals surface area contributed by atoms with E-state index in [0.29, 0.717) is 23.5 Å². The van der Waals surface area contributed by atoms with Gasteiger partial charge < -0.3 is 14.6 Å². The van der Waals surface area contributed by atoms with Crippen molar-refractivity contribution in [3.8, 4) is 5.75 Å². The average Bonchev–Trinajstić information content (AvgIpc) is 3.08. The fourth-order valence-corrected chi connectivity index (χ4v) is 3.59. The van der Waals surface area contributed by atoms with Gasteiger partial charge in [0.05, 0.1) is 17.3 Å². The van der Waals surface area contributed by atoms with Gasteiger partial charge in [-0.2, -0.15) is 0 Å². The molecule has 1 saturated carbocycles. The summed E-state index contributed by atoms with van der Waals surface area (Å²) in [6, 6.07) is 5.14. The smallest absolute Gasteiger partial charge is 0.336 e. The van der Waals surface area contributed by atoms with Crippen LogP contribution in [-0.4, -0.2) is 29.4 Å².